The third-order valence-corrected chi connectivity index (χ3v) is 5.77. The van der Waals surface area contributed by atoms with Gasteiger partial charge in [-0.25, -0.2) is 4.98 Å². The highest BCUT2D eigenvalue weighted by molar-refractivity contribution is 7.11. The first kappa shape index (κ1) is 16.4. The summed E-state index contributed by atoms with van der Waals surface area (Å²) in [5.74, 6) is 0.798. The van der Waals surface area contributed by atoms with Crippen molar-refractivity contribution in [2.75, 3.05) is 7.11 Å². The summed E-state index contributed by atoms with van der Waals surface area (Å²) in [6.45, 7) is 4.12. The van der Waals surface area contributed by atoms with E-state index in [0.29, 0.717) is 0 Å². The normalized spacial score (nSPS) is 17.6. The Morgan fingerprint density at radius 2 is 1.96 bits per heavy atom. The van der Waals surface area contributed by atoms with Crippen molar-refractivity contribution in [2.24, 2.45) is 0 Å². The Labute approximate surface area is 141 Å². The number of benzene rings is 1. The van der Waals surface area contributed by atoms with Crippen molar-refractivity contribution < 1.29 is 9.84 Å². The molecule has 124 valence electrons. The lowest BCUT2D eigenvalue weighted by molar-refractivity contribution is 0.130. The molecular weight excluding hydrogens is 308 g/mol. The number of aliphatic hydroxyl groups excluding tert-OH is 1. The Bertz CT molecular complexity index is 632. The average Bonchev–Trinajstić information content (AvgIpc) is 3.15. The second-order valence-corrected chi connectivity index (χ2v) is 7.29. The number of aryl methyl sites for hydroxylation is 2. The fourth-order valence-corrected chi connectivity index (χ4v) is 4.21. The van der Waals surface area contributed by atoms with Crippen LogP contribution < -0.4 is 10.1 Å². The van der Waals surface area contributed by atoms with Crippen molar-refractivity contribution in [2.45, 2.75) is 51.3 Å². The molecule has 1 aliphatic rings. The molecule has 2 aromatic rings. The number of aliphatic hydroxyl groups is 1. The standard InChI is InChI=1S/C18H24N2O2S/c1-11(17(21)13-7-9-14(22-3)10-8-13)19-12(2)18-20-15-5-4-6-16(15)23-18/h7-12,17,19,21H,4-6H2,1-3H3. The second-order valence-electron chi connectivity index (χ2n) is 6.17. The van der Waals surface area contributed by atoms with Gasteiger partial charge in [0.2, 0.25) is 0 Å². The van der Waals surface area contributed by atoms with Gasteiger partial charge in [-0.15, -0.1) is 11.3 Å². The number of methoxy groups -OCH3 is 1. The smallest absolute Gasteiger partial charge is 0.118 e. The highest BCUT2D eigenvalue weighted by Crippen LogP contribution is 2.31. The van der Waals surface area contributed by atoms with Crippen LogP contribution in [0.25, 0.3) is 0 Å². The van der Waals surface area contributed by atoms with Gasteiger partial charge < -0.3 is 15.2 Å². The minimum atomic E-state index is -0.560. The van der Waals surface area contributed by atoms with E-state index in [2.05, 4.69) is 12.2 Å². The molecule has 3 unspecified atom stereocenters. The summed E-state index contributed by atoms with van der Waals surface area (Å²) in [5.41, 5.74) is 2.17. The Kier molecular flexibility index (Phi) is 4.99. The molecule has 0 radical (unpaired) electrons. The van der Waals surface area contributed by atoms with Crippen LogP contribution in [0, 0.1) is 0 Å². The van der Waals surface area contributed by atoms with Crippen molar-refractivity contribution in [3.8, 4) is 5.75 Å². The van der Waals surface area contributed by atoms with Crippen molar-refractivity contribution in [1.82, 2.24) is 10.3 Å². The molecule has 0 aliphatic heterocycles. The summed E-state index contributed by atoms with van der Waals surface area (Å²) in [4.78, 5) is 6.20. The Balaban J connectivity index is 1.63. The Morgan fingerprint density at radius 3 is 2.61 bits per heavy atom. The predicted molar refractivity (Wildman–Crippen MR) is 93.1 cm³/mol. The zero-order valence-corrected chi connectivity index (χ0v) is 14.7. The molecule has 0 spiro atoms. The molecule has 0 saturated heterocycles. The van der Waals surface area contributed by atoms with E-state index in [1.807, 2.05) is 42.5 Å². The highest BCUT2D eigenvalue weighted by atomic mass is 32.1. The minimum absolute atomic E-state index is 0.0582. The molecule has 1 heterocycles. The van der Waals surface area contributed by atoms with Crippen molar-refractivity contribution in [1.29, 1.82) is 0 Å². The molecule has 23 heavy (non-hydrogen) atoms. The van der Waals surface area contributed by atoms with Gasteiger partial charge in [0.15, 0.2) is 0 Å². The third-order valence-electron chi connectivity index (χ3n) is 4.43. The lowest BCUT2D eigenvalue weighted by atomic mass is 10.0. The van der Waals surface area contributed by atoms with Crippen LogP contribution in [0.15, 0.2) is 24.3 Å². The molecule has 3 atom stereocenters. The number of thiazole rings is 1. The zero-order valence-electron chi connectivity index (χ0n) is 13.9. The number of rotatable bonds is 6. The maximum Gasteiger partial charge on any atom is 0.118 e. The Hall–Kier alpha value is -1.43. The number of aromatic nitrogens is 1. The summed E-state index contributed by atoms with van der Waals surface area (Å²) in [6, 6.07) is 7.65. The van der Waals surface area contributed by atoms with E-state index in [1.165, 1.54) is 23.4 Å². The van der Waals surface area contributed by atoms with Gasteiger partial charge in [0.05, 0.1) is 24.9 Å². The molecule has 0 saturated carbocycles. The third kappa shape index (κ3) is 3.57. The summed E-state index contributed by atoms with van der Waals surface area (Å²) < 4.78 is 5.16. The van der Waals surface area contributed by atoms with Gasteiger partial charge in [-0.1, -0.05) is 12.1 Å². The van der Waals surface area contributed by atoms with Crippen LogP contribution in [0.5, 0.6) is 5.75 Å². The quantitative estimate of drug-likeness (QED) is 0.851. The molecule has 3 rings (SSSR count). The van der Waals surface area contributed by atoms with E-state index in [1.54, 1.807) is 7.11 Å². The molecular formula is C18H24N2O2S. The summed E-state index contributed by atoms with van der Waals surface area (Å²) in [7, 11) is 1.64. The van der Waals surface area contributed by atoms with E-state index < -0.39 is 6.10 Å². The first-order valence-electron chi connectivity index (χ1n) is 8.15. The lowest BCUT2D eigenvalue weighted by Crippen LogP contribution is -2.34. The van der Waals surface area contributed by atoms with Crippen LogP contribution in [0.2, 0.25) is 0 Å². The van der Waals surface area contributed by atoms with Gasteiger partial charge in [-0.3, -0.25) is 0 Å². The van der Waals surface area contributed by atoms with Crippen LogP contribution in [0.4, 0.5) is 0 Å². The first-order chi connectivity index (χ1) is 11.1. The van der Waals surface area contributed by atoms with Crippen molar-refractivity contribution in [3.05, 3.63) is 45.4 Å². The van der Waals surface area contributed by atoms with Gasteiger partial charge in [0.25, 0.3) is 0 Å². The molecule has 0 fully saturated rings. The molecule has 1 aromatic carbocycles. The molecule has 5 heteroatoms. The Morgan fingerprint density at radius 1 is 1.22 bits per heavy atom. The zero-order chi connectivity index (χ0) is 16.4. The second kappa shape index (κ2) is 6.99. The van der Waals surface area contributed by atoms with Gasteiger partial charge >= 0.3 is 0 Å². The number of nitrogens with one attached hydrogen (secondary N) is 1. The van der Waals surface area contributed by atoms with E-state index in [4.69, 9.17) is 9.72 Å². The summed E-state index contributed by atoms with van der Waals surface area (Å²) >= 11 is 1.81. The van der Waals surface area contributed by atoms with E-state index in [9.17, 15) is 5.11 Å². The number of hydrogen-bond donors (Lipinski definition) is 2. The van der Waals surface area contributed by atoms with Crippen LogP contribution in [-0.2, 0) is 12.8 Å². The topological polar surface area (TPSA) is 54.4 Å². The lowest BCUT2D eigenvalue weighted by Gasteiger charge is -2.24. The number of ether oxygens (including phenoxy) is 1. The summed E-state index contributed by atoms with van der Waals surface area (Å²) in [5, 5.41) is 15.2. The van der Waals surface area contributed by atoms with Crippen LogP contribution in [0.1, 0.15) is 53.6 Å². The number of hydrogen-bond acceptors (Lipinski definition) is 5. The minimum Gasteiger partial charge on any atom is -0.497 e. The van der Waals surface area contributed by atoms with E-state index >= 15 is 0 Å². The molecule has 2 N–H and O–H groups in total. The van der Waals surface area contributed by atoms with Gasteiger partial charge in [-0.05, 0) is 50.8 Å². The first-order valence-corrected chi connectivity index (χ1v) is 8.96. The monoisotopic (exact) mass is 332 g/mol. The predicted octanol–water partition coefficient (Wildman–Crippen LogP) is 3.41. The molecule has 0 amide bonds. The molecule has 1 aliphatic carbocycles. The van der Waals surface area contributed by atoms with Gasteiger partial charge in [0.1, 0.15) is 10.8 Å². The van der Waals surface area contributed by atoms with Gasteiger partial charge in [-0.2, -0.15) is 0 Å². The van der Waals surface area contributed by atoms with Crippen LogP contribution in [0.3, 0.4) is 0 Å². The molecule has 4 nitrogen and oxygen atoms in total. The fraction of sp³-hybridized carbons (Fsp3) is 0.500. The van der Waals surface area contributed by atoms with Crippen LogP contribution >= 0.6 is 11.3 Å². The van der Waals surface area contributed by atoms with Gasteiger partial charge in [0, 0.05) is 10.9 Å². The largest absolute Gasteiger partial charge is 0.497 e. The molecule has 0 bridgehead atoms. The maximum atomic E-state index is 10.5. The average molecular weight is 332 g/mol. The maximum absolute atomic E-state index is 10.5. The van der Waals surface area contributed by atoms with Crippen LogP contribution in [-0.4, -0.2) is 23.2 Å². The van der Waals surface area contributed by atoms with Crippen molar-refractivity contribution in [3.63, 3.8) is 0 Å². The number of nitrogens with zero attached hydrogens (tertiary/aromatic N) is 1. The van der Waals surface area contributed by atoms with Crippen molar-refractivity contribution >= 4 is 11.3 Å². The molecule has 1 aromatic heterocycles. The fourth-order valence-electron chi connectivity index (χ4n) is 3.04. The SMILES string of the molecule is COc1ccc(C(O)C(C)NC(C)c2nc3c(s2)CCC3)cc1. The van der Waals surface area contributed by atoms with E-state index in [-0.39, 0.29) is 12.1 Å². The van der Waals surface area contributed by atoms with E-state index in [0.717, 1.165) is 22.7 Å². The highest BCUT2D eigenvalue weighted by Gasteiger charge is 2.23. The number of fused-ring (bicyclic) bond motifs is 1. The summed E-state index contributed by atoms with van der Waals surface area (Å²) in [6.07, 6.45) is 2.96.